The first-order valence-corrected chi connectivity index (χ1v) is 5.57. The minimum absolute atomic E-state index is 0.253. The van der Waals surface area contributed by atoms with Crippen molar-refractivity contribution in [2.45, 2.75) is 19.9 Å². The van der Waals surface area contributed by atoms with Gasteiger partial charge in [-0.05, 0) is 32.0 Å². The predicted octanol–water partition coefficient (Wildman–Crippen LogP) is 1.93. The van der Waals surface area contributed by atoms with E-state index in [1.54, 1.807) is 20.0 Å². The van der Waals surface area contributed by atoms with Crippen molar-refractivity contribution < 1.29 is 9.53 Å². The van der Waals surface area contributed by atoms with Gasteiger partial charge in [0.25, 0.3) is 0 Å². The molecule has 0 unspecified atom stereocenters. The number of carbonyl (C=O) groups is 1. The van der Waals surface area contributed by atoms with E-state index in [4.69, 9.17) is 4.74 Å². The lowest BCUT2D eigenvalue weighted by atomic mass is 10.2. The monoisotopic (exact) mass is 233 g/mol. The Morgan fingerprint density at radius 3 is 3.18 bits per heavy atom. The molecule has 90 valence electrons. The third-order valence-corrected chi connectivity index (χ3v) is 2.47. The van der Waals surface area contributed by atoms with E-state index >= 15 is 0 Å². The fourth-order valence-electron chi connectivity index (χ4n) is 1.60. The van der Waals surface area contributed by atoms with Crippen molar-refractivity contribution in [1.82, 2.24) is 10.2 Å². The lowest BCUT2D eigenvalue weighted by molar-refractivity contribution is -0.143. The van der Waals surface area contributed by atoms with Crippen LogP contribution in [0, 0.1) is 0 Å². The van der Waals surface area contributed by atoms with Crippen LogP contribution in [0.25, 0.3) is 10.9 Å². The first-order chi connectivity index (χ1) is 8.20. The number of ether oxygens (including phenoxy) is 1. The average molecular weight is 233 g/mol. The topological polar surface area (TPSA) is 67.0 Å². The van der Waals surface area contributed by atoms with E-state index in [0.29, 0.717) is 6.61 Å². The lowest BCUT2D eigenvalue weighted by Gasteiger charge is -2.13. The molecule has 1 aromatic heterocycles. The van der Waals surface area contributed by atoms with Gasteiger partial charge in [0.15, 0.2) is 0 Å². The Labute approximate surface area is 99.2 Å². The maximum atomic E-state index is 11.5. The van der Waals surface area contributed by atoms with Gasteiger partial charge in [-0.1, -0.05) is 0 Å². The van der Waals surface area contributed by atoms with Gasteiger partial charge in [-0.3, -0.25) is 5.10 Å². The maximum absolute atomic E-state index is 11.5. The second kappa shape index (κ2) is 4.86. The molecule has 5 heteroatoms. The summed E-state index contributed by atoms with van der Waals surface area (Å²) in [6, 6.07) is 5.40. The SMILES string of the molecule is CCOC(=O)[C@@H](C)Nc1ccc2cn[nH]c2c1. The molecule has 0 fully saturated rings. The molecule has 0 radical (unpaired) electrons. The van der Waals surface area contributed by atoms with Gasteiger partial charge in [-0.15, -0.1) is 0 Å². The summed E-state index contributed by atoms with van der Waals surface area (Å²) in [5, 5.41) is 11.0. The normalized spacial score (nSPS) is 12.4. The number of anilines is 1. The smallest absolute Gasteiger partial charge is 0.328 e. The quantitative estimate of drug-likeness (QED) is 0.792. The molecule has 1 atom stereocenters. The van der Waals surface area contributed by atoms with Gasteiger partial charge in [0.2, 0.25) is 0 Å². The van der Waals surface area contributed by atoms with Crippen LogP contribution in [0.4, 0.5) is 5.69 Å². The number of fused-ring (bicyclic) bond motifs is 1. The molecule has 0 aliphatic heterocycles. The Morgan fingerprint density at radius 1 is 1.59 bits per heavy atom. The van der Waals surface area contributed by atoms with Gasteiger partial charge in [0, 0.05) is 11.1 Å². The van der Waals surface area contributed by atoms with E-state index < -0.39 is 0 Å². The Hall–Kier alpha value is -2.04. The molecular formula is C12H15N3O2. The van der Waals surface area contributed by atoms with E-state index in [1.165, 1.54) is 0 Å². The second-order valence-corrected chi connectivity index (χ2v) is 3.79. The molecule has 5 nitrogen and oxygen atoms in total. The van der Waals surface area contributed by atoms with E-state index in [2.05, 4.69) is 15.5 Å². The van der Waals surface area contributed by atoms with Crippen molar-refractivity contribution >= 4 is 22.6 Å². The Morgan fingerprint density at radius 2 is 2.41 bits per heavy atom. The zero-order valence-corrected chi connectivity index (χ0v) is 9.86. The molecule has 0 spiro atoms. The highest BCUT2D eigenvalue weighted by atomic mass is 16.5. The number of aromatic nitrogens is 2. The molecule has 0 bridgehead atoms. The molecule has 1 heterocycles. The molecule has 0 saturated carbocycles. The van der Waals surface area contributed by atoms with E-state index in [1.807, 2.05) is 18.2 Å². The van der Waals surface area contributed by atoms with Crippen molar-refractivity contribution in [3.8, 4) is 0 Å². The van der Waals surface area contributed by atoms with Crippen LogP contribution in [0.15, 0.2) is 24.4 Å². The Bertz CT molecular complexity index is 521. The first-order valence-electron chi connectivity index (χ1n) is 5.57. The number of hydrogen-bond acceptors (Lipinski definition) is 4. The molecule has 2 N–H and O–H groups in total. The maximum Gasteiger partial charge on any atom is 0.328 e. The van der Waals surface area contributed by atoms with Crippen molar-refractivity contribution in [2.24, 2.45) is 0 Å². The largest absolute Gasteiger partial charge is 0.464 e. The summed E-state index contributed by atoms with van der Waals surface area (Å²) in [5.41, 5.74) is 1.80. The summed E-state index contributed by atoms with van der Waals surface area (Å²) in [5.74, 6) is -0.253. The molecule has 0 aliphatic rings. The van der Waals surface area contributed by atoms with Crippen LogP contribution in [0.3, 0.4) is 0 Å². The Balaban J connectivity index is 2.09. The number of H-pyrrole nitrogens is 1. The van der Waals surface area contributed by atoms with Crippen LogP contribution in [-0.4, -0.2) is 28.8 Å². The van der Waals surface area contributed by atoms with E-state index in [-0.39, 0.29) is 12.0 Å². The zero-order chi connectivity index (χ0) is 12.3. The van der Waals surface area contributed by atoms with Crippen molar-refractivity contribution in [2.75, 3.05) is 11.9 Å². The Kier molecular flexibility index (Phi) is 3.27. The number of nitrogens with zero attached hydrogens (tertiary/aromatic N) is 1. The number of rotatable bonds is 4. The van der Waals surface area contributed by atoms with Crippen LogP contribution in [0.5, 0.6) is 0 Å². The van der Waals surface area contributed by atoms with Gasteiger partial charge < -0.3 is 10.1 Å². The van der Waals surface area contributed by atoms with Crippen LogP contribution >= 0.6 is 0 Å². The van der Waals surface area contributed by atoms with Crippen LogP contribution in [0.2, 0.25) is 0 Å². The molecule has 2 aromatic rings. The third kappa shape index (κ3) is 2.55. The average Bonchev–Trinajstić information content (AvgIpc) is 2.76. The van der Waals surface area contributed by atoms with Gasteiger partial charge >= 0.3 is 5.97 Å². The zero-order valence-electron chi connectivity index (χ0n) is 9.86. The van der Waals surface area contributed by atoms with Crippen molar-refractivity contribution in [3.05, 3.63) is 24.4 Å². The number of nitrogens with one attached hydrogen (secondary N) is 2. The number of esters is 1. The van der Waals surface area contributed by atoms with Gasteiger partial charge in [0.1, 0.15) is 6.04 Å². The summed E-state index contributed by atoms with van der Waals surface area (Å²) in [6.07, 6.45) is 1.76. The third-order valence-electron chi connectivity index (χ3n) is 2.47. The fourth-order valence-corrected chi connectivity index (χ4v) is 1.60. The lowest BCUT2D eigenvalue weighted by Crippen LogP contribution is -2.28. The standard InChI is InChI=1S/C12H15N3O2/c1-3-17-12(16)8(2)14-10-5-4-9-7-13-15-11(9)6-10/h4-8,14H,3H2,1-2H3,(H,13,15)/t8-/m1/s1. The van der Waals surface area contributed by atoms with Crippen LogP contribution in [-0.2, 0) is 9.53 Å². The van der Waals surface area contributed by atoms with Gasteiger partial charge in [-0.25, -0.2) is 4.79 Å². The van der Waals surface area contributed by atoms with Crippen molar-refractivity contribution in [3.63, 3.8) is 0 Å². The molecule has 0 amide bonds. The van der Waals surface area contributed by atoms with Crippen LogP contribution < -0.4 is 5.32 Å². The van der Waals surface area contributed by atoms with Crippen LogP contribution in [0.1, 0.15) is 13.8 Å². The highest BCUT2D eigenvalue weighted by Gasteiger charge is 2.13. The predicted molar refractivity (Wildman–Crippen MR) is 65.8 cm³/mol. The van der Waals surface area contributed by atoms with Gasteiger partial charge in [0.05, 0.1) is 18.3 Å². The number of benzene rings is 1. The van der Waals surface area contributed by atoms with Gasteiger partial charge in [-0.2, -0.15) is 5.10 Å². The highest BCUT2D eigenvalue weighted by Crippen LogP contribution is 2.17. The molecule has 0 saturated heterocycles. The highest BCUT2D eigenvalue weighted by molar-refractivity contribution is 5.84. The van der Waals surface area contributed by atoms with E-state index in [0.717, 1.165) is 16.6 Å². The van der Waals surface area contributed by atoms with Crippen molar-refractivity contribution in [1.29, 1.82) is 0 Å². The summed E-state index contributed by atoms with van der Waals surface area (Å²) < 4.78 is 4.93. The first kappa shape index (κ1) is 11.4. The molecule has 17 heavy (non-hydrogen) atoms. The summed E-state index contributed by atoms with van der Waals surface area (Å²) in [4.78, 5) is 11.5. The number of carbonyl (C=O) groups excluding carboxylic acids is 1. The minimum Gasteiger partial charge on any atom is -0.464 e. The molecule has 2 rings (SSSR count). The second-order valence-electron chi connectivity index (χ2n) is 3.79. The number of hydrogen-bond donors (Lipinski definition) is 2. The molecule has 1 aromatic carbocycles. The fraction of sp³-hybridized carbons (Fsp3) is 0.333. The summed E-state index contributed by atoms with van der Waals surface area (Å²) >= 11 is 0. The minimum atomic E-state index is -0.365. The van der Waals surface area contributed by atoms with E-state index in [9.17, 15) is 4.79 Å². The molecular weight excluding hydrogens is 218 g/mol. The molecule has 0 aliphatic carbocycles. The summed E-state index contributed by atoms with van der Waals surface area (Å²) in [6.45, 7) is 3.96. The number of aromatic amines is 1. The summed E-state index contributed by atoms with van der Waals surface area (Å²) in [7, 11) is 0.